The second-order valence-corrected chi connectivity index (χ2v) is 7.62. The van der Waals surface area contributed by atoms with E-state index in [1.165, 1.54) is 70.6 Å². The van der Waals surface area contributed by atoms with Gasteiger partial charge in [0.25, 0.3) is 0 Å². The van der Waals surface area contributed by atoms with Crippen molar-refractivity contribution < 1.29 is 5.11 Å². The molecule has 1 N–H and O–H groups in total. The Bertz CT molecular complexity index is 256. The van der Waals surface area contributed by atoms with E-state index in [4.69, 9.17) is 0 Å². The van der Waals surface area contributed by atoms with Crippen molar-refractivity contribution in [2.24, 2.45) is 11.3 Å². The minimum Gasteiger partial charge on any atom is -0.390 e. The SMILES string of the molecule is OC1(CCC2CCCC2)CCC2(CCCC2)CC1. The van der Waals surface area contributed by atoms with Gasteiger partial charge in [0.05, 0.1) is 5.60 Å². The first-order chi connectivity index (χ1) is 8.70. The van der Waals surface area contributed by atoms with Crippen molar-refractivity contribution in [3.05, 3.63) is 0 Å². The van der Waals surface area contributed by atoms with E-state index in [0.29, 0.717) is 5.41 Å². The fourth-order valence-electron chi connectivity index (χ4n) is 4.89. The average molecular weight is 250 g/mol. The molecule has 3 saturated carbocycles. The summed E-state index contributed by atoms with van der Waals surface area (Å²) < 4.78 is 0. The molecule has 3 aliphatic rings. The van der Waals surface area contributed by atoms with Gasteiger partial charge in [-0.15, -0.1) is 0 Å². The van der Waals surface area contributed by atoms with Gasteiger partial charge in [-0.25, -0.2) is 0 Å². The summed E-state index contributed by atoms with van der Waals surface area (Å²) in [5.74, 6) is 0.941. The smallest absolute Gasteiger partial charge is 0.0648 e. The molecule has 0 aromatic heterocycles. The summed E-state index contributed by atoms with van der Waals surface area (Å²) in [6.07, 6.45) is 18.7. The first kappa shape index (κ1) is 13.0. The molecule has 0 bridgehead atoms. The number of aliphatic hydroxyl groups is 1. The van der Waals surface area contributed by atoms with Crippen molar-refractivity contribution in [3.63, 3.8) is 0 Å². The van der Waals surface area contributed by atoms with Gasteiger partial charge in [-0.05, 0) is 62.7 Å². The lowest BCUT2D eigenvalue weighted by Gasteiger charge is -2.42. The molecule has 0 heterocycles. The van der Waals surface area contributed by atoms with Gasteiger partial charge < -0.3 is 5.11 Å². The molecule has 1 spiro atoms. The Morgan fingerprint density at radius 3 is 2.00 bits per heavy atom. The molecule has 3 rings (SSSR count). The molecule has 18 heavy (non-hydrogen) atoms. The van der Waals surface area contributed by atoms with Crippen LogP contribution in [0, 0.1) is 11.3 Å². The van der Waals surface area contributed by atoms with Crippen LogP contribution in [0.1, 0.15) is 89.9 Å². The molecule has 3 aliphatic carbocycles. The van der Waals surface area contributed by atoms with Crippen molar-refractivity contribution in [1.82, 2.24) is 0 Å². The minimum atomic E-state index is -0.281. The van der Waals surface area contributed by atoms with Crippen LogP contribution in [0.15, 0.2) is 0 Å². The maximum absolute atomic E-state index is 10.8. The van der Waals surface area contributed by atoms with Crippen LogP contribution < -0.4 is 0 Å². The van der Waals surface area contributed by atoms with Crippen molar-refractivity contribution >= 4 is 0 Å². The largest absolute Gasteiger partial charge is 0.390 e. The predicted molar refractivity (Wildman–Crippen MR) is 75.5 cm³/mol. The molecule has 0 aromatic rings. The summed E-state index contributed by atoms with van der Waals surface area (Å²) in [7, 11) is 0. The van der Waals surface area contributed by atoms with E-state index in [1.807, 2.05) is 0 Å². The van der Waals surface area contributed by atoms with Crippen LogP contribution in [0.2, 0.25) is 0 Å². The van der Waals surface area contributed by atoms with E-state index in [1.54, 1.807) is 0 Å². The van der Waals surface area contributed by atoms with Gasteiger partial charge in [-0.1, -0.05) is 38.5 Å². The number of hydrogen-bond acceptors (Lipinski definition) is 1. The van der Waals surface area contributed by atoms with Crippen LogP contribution in [-0.2, 0) is 0 Å². The Hall–Kier alpha value is -0.0400. The standard InChI is InChI=1S/C17H30O/c18-17(10-7-15-5-1-2-6-15)13-11-16(12-14-17)8-3-4-9-16/h15,18H,1-14H2. The highest BCUT2D eigenvalue weighted by atomic mass is 16.3. The molecule has 1 nitrogen and oxygen atoms in total. The molecule has 104 valence electrons. The first-order valence-electron chi connectivity index (χ1n) is 8.42. The number of hydrogen-bond donors (Lipinski definition) is 1. The van der Waals surface area contributed by atoms with Gasteiger partial charge in [0.1, 0.15) is 0 Å². The molecule has 0 aromatic carbocycles. The van der Waals surface area contributed by atoms with Gasteiger partial charge >= 0.3 is 0 Å². The monoisotopic (exact) mass is 250 g/mol. The maximum atomic E-state index is 10.8. The van der Waals surface area contributed by atoms with Crippen LogP contribution in [0.4, 0.5) is 0 Å². The molecular formula is C17H30O. The second-order valence-electron chi connectivity index (χ2n) is 7.62. The lowest BCUT2D eigenvalue weighted by atomic mass is 9.66. The minimum absolute atomic E-state index is 0.281. The maximum Gasteiger partial charge on any atom is 0.0648 e. The molecule has 0 amide bonds. The Morgan fingerprint density at radius 2 is 1.39 bits per heavy atom. The summed E-state index contributed by atoms with van der Waals surface area (Å²) in [6.45, 7) is 0. The fourth-order valence-corrected chi connectivity index (χ4v) is 4.89. The van der Waals surface area contributed by atoms with Crippen molar-refractivity contribution in [2.75, 3.05) is 0 Å². The summed E-state index contributed by atoms with van der Waals surface area (Å²) >= 11 is 0. The second kappa shape index (κ2) is 5.15. The lowest BCUT2D eigenvalue weighted by Crippen LogP contribution is -2.38. The zero-order chi connectivity index (χ0) is 12.5. The van der Waals surface area contributed by atoms with Crippen LogP contribution in [0.5, 0.6) is 0 Å². The van der Waals surface area contributed by atoms with Gasteiger partial charge in [0.2, 0.25) is 0 Å². The van der Waals surface area contributed by atoms with E-state index in [2.05, 4.69) is 0 Å². The molecule has 0 radical (unpaired) electrons. The van der Waals surface area contributed by atoms with Crippen LogP contribution >= 0.6 is 0 Å². The normalized spacial score (nSPS) is 31.2. The Labute approximate surface area is 112 Å². The molecular weight excluding hydrogens is 220 g/mol. The topological polar surface area (TPSA) is 20.2 Å². The van der Waals surface area contributed by atoms with Gasteiger partial charge in [-0.3, -0.25) is 0 Å². The summed E-state index contributed by atoms with van der Waals surface area (Å²) in [5.41, 5.74) is 0.385. The highest BCUT2D eigenvalue weighted by Gasteiger charge is 2.42. The number of rotatable bonds is 3. The molecule has 1 heteroatoms. The molecule has 0 saturated heterocycles. The van der Waals surface area contributed by atoms with Crippen LogP contribution in [0.3, 0.4) is 0 Å². The molecule has 3 fully saturated rings. The van der Waals surface area contributed by atoms with Crippen molar-refractivity contribution in [3.8, 4) is 0 Å². The summed E-state index contributed by atoms with van der Waals surface area (Å²) in [4.78, 5) is 0. The quantitative estimate of drug-likeness (QED) is 0.761. The predicted octanol–water partition coefficient (Wildman–Crippen LogP) is 4.82. The zero-order valence-corrected chi connectivity index (χ0v) is 11.9. The Balaban J connectivity index is 1.47. The Kier molecular flexibility index (Phi) is 3.71. The van der Waals surface area contributed by atoms with E-state index < -0.39 is 0 Å². The molecule has 0 atom stereocenters. The third kappa shape index (κ3) is 2.76. The third-order valence-electron chi connectivity index (χ3n) is 6.40. The first-order valence-corrected chi connectivity index (χ1v) is 8.42. The molecule has 0 aliphatic heterocycles. The van der Waals surface area contributed by atoms with Crippen LogP contribution in [0.25, 0.3) is 0 Å². The highest BCUT2D eigenvalue weighted by Crippen LogP contribution is 2.52. The van der Waals surface area contributed by atoms with E-state index in [0.717, 1.165) is 25.2 Å². The van der Waals surface area contributed by atoms with Crippen LogP contribution in [-0.4, -0.2) is 10.7 Å². The molecule has 0 unspecified atom stereocenters. The summed E-state index contributed by atoms with van der Waals surface area (Å²) in [6, 6.07) is 0. The van der Waals surface area contributed by atoms with E-state index in [9.17, 15) is 5.11 Å². The lowest BCUT2D eigenvalue weighted by molar-refractivity contribution is -0.0425. The summed E-state index contributed by atoms with van der Waals surface area (Å²) in [5, 5.41) is 10.8. The van der Waals surface area contributed by atoms with Gasteiger partial charge in [0.15, 0.2) is 0 Å². The Morgan fingerprint density at radius 1 is 0.778 bits per heavy atom. The van der Waals surface area contributed by atoms with Crippen molar-refractivity contribution in [2.45, 2.75) is 95.5 Å². The third-order valence-corrected chi connectivity index (χ3v) is 6.40. The average Bonchev–Trinajstić information content (AvgIpc) is 3.04. The van der Waals surface area contributed by atoms with E-state index in [-0.39, 0.29) is 5.60 Å². The zero-order valence-electron chi connectivity index (χ0n) is 11.9. The van der Waals surface area contributed by atoms with Crippen molar-refractivity contribution in [1.29, 1.82) is 0 Å². The van der Waals surface area contributed by atoms with Gasteiger partial charge in [0, 0.05) is 0 Å². The van der Waals surface area contributed by atoms with Gasteiger partial charge in [-0.2, -0.15) is 0 Å². The fraction of sp³-hybridized carbons (Fsp3) is 1.00. The highest BCUT2D eigenvalue weighted by molar-refractivity contribution is 4.95. The van der Waals surface area contributed by atoms with E-state index >= 15 is 0 Å².